The topological polar surface area (TPSA) is 72.5 Å². The van der Waals surface area contributed by atoms with E-state index in [0.29, 0.717) is 28.5 Å². The summed E-state index contributed by atoms with van der Waals surface area (Å²) >= 11 is 0. The molecule has 3 aromatic rings. The minimum absolute atomic E-state index is 0.316. The number of nitrogens with two attached hydrogens (primary N) is 1. The van der Waals surface area contributed by atoms with Crippen LogP contribution in [0.1, 0.15) is 0 Å². The Balaban J connectivity index is 2.22. The molecule has 0 unspecified atom stereocenters. The van der Waals surface area contributed by atoms with Crippen LogP contribution in [0.15, 0.2) is 36.7 Å². The van der Waals surface area contributed by atoms with Crippen molar-refractivity contribution < 1.29 is 4.39 Å². The molecule has 96 valence electrons. The van der Waals surface area contributed by atoms with Gasteiger partial charge in [-0.15, -0.1) is 0 Å². The van der Waals surface area contributed by atoms with Gasteiger partial charge in [0.05, 0.1) is 5.56 Å². The second-order valence-electron chi connectivity index (χ2n) is 4.23. The lowest BCUT2D eigenvalue weighted by Gasteiger charge is -2.04. The molecule has 0 fully saturated rings. The van der Waals surface area contributed by atoms with E-state index < -0.39 is 0 Å². The number of aryl methyl sites for hydroxylation is 1. The molecule has 2 aromatic heterocycles. The number of nitrogen functional groups attached to an aromatic ring is 1. The molecule has 0 radical (unpaired) electrons. The maximum Gasteiger partial charge on any atom is 0.158 e. The molecule has 3 N–H and O–H groups in total. The average Bonchev–Trinajstić information content (AvgIpc) is 2.95. The number of rotatable bonds is 2. The third-order valence-corrected chi connectivity index (χ3v) is 2.95. The van der Waals surface area contributed by atoms with Gasteiger partial charge in [0.25, 0.3) is 0 Å². The molecule has 0 aliphatic rings. The normalized spacial score (nSPS) is 10.8. The van der Waals surface area contributed by atoms with Gasteiger partial charge < -0.3 is 10.3 Å². The Morgan fingerprint density at radius 2 is 2.21 bits per heavy atom. The van der Waals surface area contributed by atoms with Crippen molar-refractivity contribution >= 4 is 5.82 Å². The van der Waals surface area contributed by atoms with Gasteiger partial charge in [-0.2, -0.15) is 5.10 Å². The van der Waals surface area contributed by atoms with Crippen LogP contribution < -0.4 is 5.73 Å². The van der Waals surface area contributed by atoms with Gasteiger partial charge in [-0.1, -0.05) is 12.1 Å². The summed E-state index contributed by atoms with van der Waals surface area (Å²) in [6.45, 7) is 0. The number of nitrogens with zero attached hydrogens (tertiary/aromatic N) is 3. The highest BCUT2D eigenvalue weighted by Crippen LogP contribution is 2.33. The predicted octanol–water partition coefficient (Wildman–Crippen LogP) is 2.20. The molecule has 0 atom stereocenters. The fourth-order valence-corrected chi connectivity index (χ4v) is 2.06. The molecular formula is C13H12FN5. The first-order valence-electron chi connectivity index (χ1n) is 5.74. The Bertz CT molecular complexity index is 728. The fourth-order valence-electron chi connectivity index (χ4n) is 2.06. The number of benzene rings is 1. The van der Waals surface area contributed by atoms with Crippen molar-refractivity contribution in [1.82, 2.24) is 19.7 Å². The summed E-state index contributed by atoms with van der Waals surface area (Å²) in [7, 11) is 1.87. The van der Waals surface area contributed by atoms with Crippen molar-refractivity contribution in [1.29, 1.82) is 0 Å². The highest BCUT2D eigenvalue weighted by atomic mass is 19.1. The highest BCUT2D eigenvalue weighted by Gasteiger charge is 2.17. The Morgan fingerprint density at radius 1 is 1.37 bits per heavy atom. The summed E-state index contributed by atoms with van der Waals surface area (Å²) < 4.78 is 15.2. The maximum absolute atomic E-state index is 13.4. The Kier molecular flexibility index (Phi) is 2.56. The lowest BCUT2D eigenvalue weighted by Crippen LogP contribution is -1.94. The number of H-pyrrole nitrogens is 1. The lowest BCUT2D eigenvalue weighted by atomic mass is 10.0. The smallest absolute Gasteiger partial charge is 0.158 e. The molecule has 0 saturated heterocycles. The summed E-state index contributed by atoms with van der Waals surface area (Å²) in [6, 6.07) is 6.24. The number of imidazole rings is 1. The van der Waals surface area contributed by atoms with Crippen LogP contribution >= 0.6 is 0 Å². The minimum Gasteiger partial charge on any atom is -0.382 e. The van der Waals surface area contributed by atoms with Crippen molar-refractivity contribution in [2.45, 2.75) is 0 Å². The van der Waals surface area contributed by atoms with E-state index in [4.69, 9.17) is 5.73 Å². The molecule has 2 heterocycles. The Labute approximate surface area is 108 Å². The molecule has 0 bridgehead atoms. The summed E-state index contributed by atoms with van der Waals surface area (Å²) in [5, 5.41) is 6.85. The molecule has 5 nitrogen and oxygen atoms in total. The number of anilines is 1. The number of aromatic nitrogens is 4. The number of halogens is 1. The molecule has 0 spiro atoms. The van der Waals surface area contributed by atoms with Crippen molar-refractivity contribution in [3.8, 4) is 22.6 Å². The zero-order chi connectivity index (χ0) is 13.4. The number of aromatic amines is 1. The highest BCUT2D eigenvalue weighted by molar-refractivity contribution is 5.85. The van der Waals surface area contributed by atoms with Crippen LogP contribution in [0.25, 0.3) is 22.6 Å². The third-order valence-electron chi connectivity index (χ3n) is 2.95. The molecule has 3 rings (SSSR count). The third kappa shape index (κ3) is 1.87. The predicted molar refractivity (Wildman–Crippen MR) is 70.6 cm³/mol. The molecular weight excluding hydrogens is 245 g/mol. The summed E-state index contributed by atoms with van der Waals surface area (Å²) in [5.74, 6) is 0.705. The SMILES string of the molecule is Cn1ccnc1-c1[nH]nc(N)c1-c1cccc(F)c1. The van der Waals surface area contributed by atoms with E-state index in [-0.39, 0.29) is 5.82 Å². The lowest BCUT2D eigenvalue weighted by molar-refractivity contribution is 0.628. The van der Waals surface area contributed by atoms with Crippen LogP contribution in [0.4, 0.5) is 10.2 Å². The number of hydrogen-bond donors (Lipinski definition) is 2. The molecule has 1 aromatic carbocycles. The van der Waals surface area contributed by atoms with E-state index in [9.17, 15) is 4.39 Å². The van der Waals surface area contributed by atoms with E-state index in [2.05, 4.69) is 15.2 Å². The van der Waals surface area contributed by atoms with Crippen LogP contribution in [0.3, 0.4) is 0 Å². The minimum atomic E-state index is -0.316. The van der Waals surface area contributed by atoms with E-state index in [1.54, 1.807) is 18.3 Å². The quantitative estimate of drug-likeness (QED) is 0.739. The second-order valence-corrected chi connectivity index (χ2v) is 4.23. The Morgan fingerprint density at radius 3 is 2.89 bits per heavy atom. The van der Waals surface area contributed by atoms with Crippen LogP contribution in [-0.4, -0.2) is 19.7 Å². The zero-order valence-electron chi connectivity index (χ0n) is 10.3. The van der Waals surface area contributed by atoms with Gasteiger partial charge in [0.15, 0.2) is 11.6 Å². The molecule has 19 heavy (non-hydrogen) atoms. The van der Waals surface area contributed by atoms with Gasteiger partial charge in [-0.05, 0) is 17.7 Å². The van der Waals surface area contributed by atoms with Gasteiger partial charge in [0.1, 0.15) is 11.5 Å². The maximum atomic E-state index is 13.4. The van der Waals surface area contributed by atoms with Crippen LogP contribution in [0.2, 0.25) is 0 Å². The monoisotopic (exact) mass is 257 g/mol. The number of nitrogens with one attached hydrogen (secondary N) is 1. The molecule has 0 aliphatic carbocycles. The average molecular weight is 257 g/mol. The van der Waals surface area contributed by atoms with E-state index in [0.717, 1.165) is 0 Å². The largest absolute Gasteiger partial charge is 0.382 e. The van der Waals surface area contributed by atoms with E-state index in [1.165, 1.54) is 12.1 Å². The first-order chi connectivity index (χ1) is 9.16. The van der Waals surface area contributed by atoms with Crippen LogP contribution in [0, 0.1) is 5.82 Å². The van der Waals surface area contributed by atoms with E-state index in [1.807, 2.05) is 17.8 Å². The van der Waals surface area contributed by atoms with Crippen LogP contribution in [0.5, 0.6) is 0 Å². The van der Waals surface area contributed by atoms with Crippen molar-refractivity contribution in [2.24, 2.45) is 7.05 Å². The summed E-state index contributed by atoms with van der Waals surface area (Å²) in [5.41, 5.74) is 7.89. The first-order valence-corrected chi connectivity index (χ1v) is 5.74. The van der Waals surface area contributed by atoms with Crippen LogP contribution in [-0.2, 0) is 7.05 Å². The van der Waals surface area contributed by atoms with Crippen molar-refractivity contribution in [3.63, 3.8) is 0 Å². The standard InChI is InChI=1S/C13H12FN5/c1-19-6-5-16-13(19)11-10(12(15)18-17-11)8-3-2-4-9(14)7-8/h2-7H,1H3,(H3,15,17,18). The molecule has 0 aliphatic heterocycles. The van der Waals surface area contributed by atoms with Crippen molar-refractivity contribution in [2.75, 3.05) is 5.73 Å². The first kappa shape index (κ1) is 11.5. The molecule has 0 amide bonds. The van der Waals surface area contributed by atoms with Crippen molar-refractivity contribution in [3.05, 3.63) is 42.5 Å². The number of hydrogen-bond acceptors (Lipinski definition) is 3. The van der Waals surface area contributed by atoms with Gasteiger partial charge in [0.2, 0.25) is 0 Å². The van der Waals surface area contributed by atoms with E-state index >= 15 is 0 Å². The van der Waals surface area contributed by atoms with Gasteiger partial charge in [0, 0.05) is 19.4 Å². The van der Waals surface area contributed by atoms with Gasteiger partial charge >= 0.3 is 0 Å². The fraction of sp³-hybridized carbons (Fsp3) is 0.0769. The molecule has 0 saturated carbocycles. The second kappa shape index (κ2) is 4.24. The summed E-state index contributed by atoms with van der Waals surface area (Å²) in [6.07, 6.45) is 3.50. The van der Waals surface area contributed by atoms with Gasteiger partial charge in [-0.3, -0.25) is 5.10 Å². The summed E-state index contributed by atoms with van der Waals surface area (Å²) in [4.78, 5) is 4.25. The Hall–Kier alpha value is -2.63. The zero-order valence-corrected chi connectivity index (χ0v) is 10.3. The van der Waals surface area contributed by atoms with Gasteiger partial charge in [-0.25, -0.2) is 9.37 Å². The molecule has 6 heteroatoms.